The van der Waals surface area contributed by atoms with E-state index in [-0.39, 0.29) is 18.1 Å². The van der Waals surface area contributed by atoms with E-state index in [4.69, 9.17) is 14.5 Å². The van der Waals surface area contributed by atoms with Crippen LogP contribution in [-0.4, -0.2) is 67.5 Å². The average molecular weight is 374 g/mol. The van der Waals surface area contributed by atoms with Crippen molar-refractivity contribution in [3.63, 3.8) is 0 Å². The molecule has 2 aromatic rings. The molecule has 2 atom stereocenters. The van der Waals surface area contributed by atoms with E-state index in [2.05, 4.69) is 23.2 Å². The normalized spacial score (nSPS) is 26.2. The van der Waals surface area contributed by atoms with E-state index in [1.807, 2.05) is 11.0 Å². The number of carbonyl (C=O) groups excluding carboxylic acids is 1. The summed E-state index contributed by atoms with van der Waals surface area (Å²) in [5, 5.41) is 3.85. The van der Waals surface area contributed by atoms with Crippen LogP contribution in [0.3, 0.4) is 0 Å². The maximum absolute atomic E-state index is 12.7. The number of rotatable bonds is 3. The van der Waals surface area contributed by atoms with E-state index < -0.39 is 0 Å². The Hall–Kier alpha value is -1.90. The highest BCUT2D eigenvalue weighted by Crippen LogP contribution is 2.39. The minimum atomic E-state index is -0.0530. The van der Waals surface area contributed by atoms with Crippen LogP contribution in [-0.2, 0) is 11.2 Å². The summed E-state index contributed by atoms with van der Waals surface area (Å²) in [7, 11) is 0. The number of hydrogen-bond acceptors (Lipinski definition) is 6. The third-order valence-electron chi connectivity index (χ3n) is 5.45. The number of nitrogens with one attached hydrogen (secondary N) is 1. The lowest BCUT2D eigenvalue weighted by molar-refractivity contribution is 0.0349. The first-order chi connectivity index (χ1) is 12.7. The zero-order valence-electron chi connectivity index (χ0n) is 14.7. The van der Waals surface area contributed by atoms with Crippen molar-refractivity contribution in [2.75, 3.05) is 44.4 Å². The van der Waals surface area contributed by atoms with Crippen LogP contribution in [0.4, 0.5) is 9.93 Å². The fraction of sp³-hybridized carbons (Fsp3) is 0.556. The number of amides is 2. The predicted molar refractivity (Wildman–Crippen MR) is 100 cm³/mol. The predicted octanol–water partition coefficient (Wildman–Crippen LogP) is 1.85. The van der Waals surface area contributed by atoms with E-state index in [1.165, 1.54) is 5.56 Å². The molecule has 1 N–H and O–H groups in total. The standard InChI is InChI=1S/C18H22N4O3S/c1-11-13(10-21-5-8-24-9-6-21)22(17(23)19-11)18-20-16-12-4-7-25-14(12)2-3-15(16)26-18/h2-3,11,13H,4-10H2,1H3,(H,19,23)/t11-,13+/m0/s1. The highest BCUT2D eigenvalue weighted by Gasteiger charge is 2.40. The Morgan fingerprint density at radius 3 is 3.00 bits per heavy atom. The molecular formula is C18H22N4O3S. The molecule has 4 heterocycles. The molecule has 0 spiro atoms. The van der Waals surface area contributed by atoms with Crippen LogP contribution in [0, 0.1) is 0 Å². The van der Waals surface area contributed by atoms with Gasteiger partial charge in [-0.3, -0.25) is 9.80 Å². The van der Waals surface area contributed by atoms with Gasteiger partial charge < -0.3 is 14.8 Å². The number of ether oxygens (including phenoxy) is 2. The Kier molecular flexibility index (Phi) is 3.99. The van der Waals surface area contributed by atoms with Gasteiger partial charge in [0.05, 0.1) is 42.1 Å². The Balaban J connectivity index is 1.48. The Labute approximate surface area is 155 Å². The van der Waals surface area contributed by atoms with Gasteiger partial charge in [0.25, 0.3) is 0 Å². The topological polar surface area (TPSA) is 66.9 Å². The lowest BCUT2D eigenvalue weighted by Gasteiger charge is -2.32. The van der Waals surface area contributed by atoms with Gasteiger partial charge in [-0.2, -0.15) is 0 Å². The molecule has 2 amide bonds. The lowest BCUT2D eigenvalue weighted by Crippen LogP contribution is -2.48. The second-order valence-corrected chi connectivity index (χ2v) is 8.08. The van der Waals surface area contributed by atoms with Gasteiger partial charge in [0, 0.05) is 31.6 Å². The SMILES string of the molecule is C[C@@H]1NC(=O)N(c2nc3c4c(ccc3s2)OCC4)[C@@H]1CN1CCOCC1. The zero-order chi connectivity index (χ0) is 17.7. The highest BCUT2D eigenvalue weighted by atomic mass is 32.1. The largest absolute Gasteiger partial charge is 0.493 e. The van der Waals surface area contributed by atoms with Crippen LogP contribution in [0.25, 0.3) is 10.2 Å². The molecule has 1 aromatic carbocycles. The number of anilines is 1. The van der Waals surface area contributed by atoms with Crippen molar-refractivity contribution in [2.45, 2.75) is 25.4 Å². The lowest BCUT2D eigenvalue weighted by atomic mass is 10.1. The minimum Gasteiger partial charge on any atom is -0.493 e. The number of hydrogen-bond donors (Lipinski definition) is 1. The number of thiazole rings is 1. The molecule has 138 valence electrons. The van der Waals surface area contributed by atoms with Crippen molar-refractivity contribution < 1.29 is 14.3 Å². The van der Waals surface area contributed by atoms with Gasteiger partial charge in [-0.25, -0.2) is 9.78 Å². The molecular weight excluding hydrogens is 352 g/mol. The molecule has 3 aliphatic rings. The van der Waals surface area contributed by atoms with E-state index in [0.717, 1.165) is 60.4 Å². The van der Waals surface area contributed by atoms with E-state index in [0.29, 0.717) is 6.61 Å². The first kappa shape index (κ1) is 16.3. The summed E-state index contributed by atoms with van der Waals surface area (Å²) in [4.78, 5) is 21.7. The quantitative estimate of drug-likeness (QED) is 0.888. The summed E-state index contributed by atoms with van der Waals surface area (Å²) in [6.07, 6.45) is 0.885. The second-order valence-electron chi connectivity index (χ2n) is 7.07. The highest BCUT2D eigenvalue weighted by molar-refractivity contribution is 7.22. The van der Waals surface area contributed by atoms with Gasteiger partial charge >= 0.3 is 6.03 Å². The van der Waals surface area contributed by atoms with Crippen LogP contribution in [0.2, 0.25) is 0 Å². The minimum absolute atomic E-state index is 0.0530. The molecule has 0 saturated carbocycles. The maximum Gasteiger partial charge on any atom is 0.324 e. The Morgan fingerprint density at radius 2 is 2.15 bits per heavy atom. The van der Waals surface area contributed by atoms with Gasteiger partial charge in [0.1, 0.15) is 5.75 Å². The fourth-order valence-corrected chi connectivity index (χ4v) is 5.06. The van der Waals surface area contributed by atoms with Crippen molar-refractivity contribution in [3.05, 3.63) is 17.7 Å². The molecule has 3 aliphatic heterocycles. The molecule has 0 unspecified atom stereocenters. The van der Waals surface area contributed by atoms with Crippen molar-refractivity contribution in [2.24, 2.45) is 0 Å². The number of aromatic nitrogens is 1. The number of benzene rings is 1. The summed E-state index contributed by atoms with van der Waals surface area (Å²) in [6.45, 7) is 6.96. The molecule has 0 radical (unpaired) electrons. The Morgan fingerprint density at radius 1 is 1.31 bits per heavy atom. The smallest absolute Gasteiger partial charge is 0.324 e. The van der Waals surface area contributed by atoms with Gasteiger partial charge in [-0.05, 0) is 19.1 Å². The van der Waals surface area contributed by atoms with Crippen molar-refractivity contribution in [1.82, 2.24) is 15.2 Å². The van der Waals surface area contributed by atoms with Crippen LogP contribution in [0.1, 0.15) is 12.5 Å². The number of fused-ring (bicyclic) bond motifs is 3. The molecule has 26 heavy (non-hydrogen) atoms. The summed E-state index contributed by atoms with van der Waals surface area (Å²) < 4.78 is 12.2. The van der Waals surface area contributed by atoms with Crippen LogP contribution in [0.5, 0.6) is 5.75 Å². The van der Waals surface area contributed by atoms with Crippen LogP contribution in [0.15, 0.2) is 12.1 Å². The first-order valence-corrected chi connectivity index (χ1v) is 9.97. The summed E-state index contributed by atoms with van der Waals surface area (Å²) >= 11 is 1.59. The monoisotopic (exact) mass is 374 g/mol. The van der Waals surface area contributed by atoms with E-state index in [9.17, 15) is 4.79 Å². The Bertz CT molecular complexity index is 848. The van der Waals surface area contributed by atoms with E-state index >= 15 is 0 Å². The maximum atomic E-state index is 12.7. The number of nitrogens with zero attached hydrogens (tertiary/aromatic N) is 3. The fourth-order valence-electron chi connectivity index (χ4n) is 4.01. The van der Waals surface area contributed by atoms with Gasteiger partial charge in [0.2, 0.25) is 0 Å². The molecule has 0 aliphatic carbocycles. The molecule has 8 heteroatoms. The molecule has 1 aromatic heterocycles. The molecule has 5 rings (SSSR count). The molecule has 0 bridgehead atoms. The first-order valence-electron chi connectivity index (χ1n) is 9.16. The number of morpholine rings is 1. The van der Waals surface area contributed by atoms with E-state index in [1.54, 1.807) is 11.3 Å². The van der Waals surface area contributed by atoms with Crippen molar-refractivity contribution >= 4 is 32.7 Å². The van der Waals surface area contributed by atoms with Gasteiger partial charge in [-0.1, -0.05) is 11.3 Å². The second kappa shape index (κ2) is 6.37. The summed E-state index contributed by atoms with van der Waals surface area (Å²) in [5.41, 5.74) is 2.15. The third kappa shape index (κ3) is 2.64. The molecule has 2 fully saturated rings. The van der Waals surface area contributed by atoms with Crippen molar-refractivity contribution in [3.8, 4) is 5.75 Å². The van der Waals surface area contributed by atoms with Crippen LogP contribution >= 0.6 is 11.3 Å². The van der Waals surface area contributed by atoms with Crippen molar-refractivity contribution in [1.29, 1.82) is 0 Å². The zero-order valence-corrected chi connectivity index (χ0v) is 15.6. The summed E-state index contributed by atoms with van der Waals surface area (Å²) in [6, 6.07) is 4.18. The summed E-state index contributed by atoms with van der Waals surface area (Å²) in [5.74, 6) is 0.929. The average Bonchev–Trinajstić information content (AvgIpc) is 3.33. The molecule has 7 nitrogen and oxygen atoms in total. The van der Waals surface area contributed by atoms with Crippen LogP contribution < -0.4 is 15.0 Å². The molecule has 2 saturated heterocycles. The van der Waals surface area contributed by atoms with Gasteiger partial charge in [0.15, 0.2) is 5.13 Å². The number of urea groups is 1. The third-order valence-corrected chi connectivity index (χ3v) is 6.47. The number of carbonyl (C=O) groups is 1. The van der Waals surface area contributed by atoms with Gasteiger partial charge in [-0.15, -0.1) is 0 Å².